The monoisotopic (exact) mass is 278 g/mol. The number of alkyl halides is 3. The van der Waals surface area contributed by atoms with Crippen molar-refractivity contribution in [1.29, 1.82) is 5.26 Å². The second-order valence-corrected chi connectivity index (χ2v) is 5.12. The molecule has 3 rings (SSSR count). The molecular formula is C15H13F3N2. The standard InChI is InChI=1S/C15H13F3N2/c1-2-20-12-6-5-10(8-19)14(15(16,17)18)11(12)7-13(20)9-3-4-9/h5-7,9H,2-4H2,1H3. The summed E-state index contributed by atoms with van der Waals surface area (Å²) in [6, 6.07) is 6.18. The molecule has 0 aliphatic heterocycles. The van der Waals surface area contributed by atoms with Crippen molar-refractivity contribution >= 4 is 10.9 Å². The lowest BCUT2D eigenvalue weighted by Crippen LogP contribution is -2.08. The summed E-state index contributed by atoms with van der Waals surface area (Å²) in [5.74, 6) is 0.369. The summed E-state index contributed by atoms with van der Waals surface area (Å²) in [5.41, 5.74) is 0.427. The Morgan fingerprint density at radius 1 is 1.35 bits per heavy atom. The van der Waals surface area contributed by atoms with Crippen molar-refractivity contribution in [2.45, 2.75) is 38.4 Å². The van der Waals surface area contributed by atoms with E-state index in [1.165, 1.54) is 6.07 Å². The second kappa shape index (κ2) is 4.27. The molecule has 0 saturated heterocycles. The highest BCUT2D eigenvalue weighted by atomic mass is 19.4. The molecule has 0 radical (unpaired) electrons. The van der Waals surface area contributed by atoms with Crippen LogP contribution in [-0.2, 0) is 12.7 Å². The van der Waals surface area contributed by atoms with Crippen LogP contribution in [0.5, 0.6) is 0 Å². The maximum absolute atomic E-state index is 13.3. The van der Waals surface area contributed by atoms with Gasteiger partial charge in [0.15, 0.2) is 0 Å². The smallest absolute Gasteiger partial charge is 0.345 e. The highest BCUT2D eigenvalue weighted by molar-refractivity contribution is 5.87. The molecule has 104 valence electrons. The van der Waals surface area contributed by atoms with E-state index in [1.807, 2.05) is 11.5 Å². The average Bonchev–Trinajstić information content (AvgIpc) is 3.16. The molecule has 1 aliphatic carbocycles. The molecule has 1 saturated carbocycles. The molecule has 1 aliphatic rings. The van der Waals surface area contributed by atoms with Gasteiger partial charge in [-0.1, -0.05) is 0 Å². The lowest BCUT2D eigenvalue weighted by Gasteiger charge is -2.11. The fourth-order valence-electron chi connectivity index (χ4n) is 2.82. The van der Waals surface area contributed by atoms with Crippen LogP contribution in [0.15, 0.2) is 18.2 Å². The minimum atomic E-state index is -4.51. The first-order valence-electron chi connectivity index (χ1n) is 6.60. The third-order valence-corrected chi connectivity index (χ3v) is 3.83. The summed E-state index contributed by atoms with van der Waals surface area (Å²) >= 11 is 0. The summed E-state index contributed by atoms with van der Waals surface area (Å²) in [7, 11) is 0. The Morgan fingerprint density at radius 3 is 2.55 bits per heavy atom. The van der Waals surface area contributed by atoms with E-state index in [2.05, 4.69) is 0 Å². The quantitative estimate of drug-likeness (QED) is 0.798. The van der Waals surface area contributed by atoms with Crippen LogP contribution in [0, 0.1) is 11.3 Å². The van der Waals surface area contributed by atoms with Gasteiger partial charge in [0.25, 0.3) is 0 Å². The number of rotatable bonds is 2. The first-order valence-corrected chi connectivity index (χ1v) is 6.60. The molecule has 5 heteroatoms. The van der Waals surface area contributed by atoms with E-state index in [1.54, 1.807) is 18.2 Å². The van der Waals surface area contributed by atoms with Crippen LogP contribution in [0.25, 0.3) is 10.9 Å². The molecule has 0 atom stereocenters. The van der Waals surface area contributed by atoms with Crippen molar-refractivity contribution in [2.75, 3.05) is 0 Å². The van der Waals surface area contributed by atoms with Crippen LogP contribution >= 0.6 is 0 Å². The van der Waals surface area contributed by atoms with Crippen molar-refractivity contribution in [2.24, 2.45) is 0 Å². The summed E-state index contributed by atoms with van der Waals surface area (Å²) in [4.78, 5) is 0. The fraction of sp³-hybridized carbons (Fsp3) is 0.400. The zero-order valence-corrected chi connectivity index (χ0v) is 11.0. The maximum atomic E-state index is 13.3. The summed E-state index contributed by atoms with van der Waals surface area (Å²) in [6.07, 6.45) is -2.45. The van der Waals surface area contributed by atoms with Crippen molar-refractivity contribution in [3.8, 4) is 6.07 Å². The Labute approximate surface area is 114 Å². The maximum Gasteiger partial charge on any atom is 0.418 e. The lowest BCUT2D eigenvalue weighted by atomic mass is 10.0. The van der Waals surface area contributed by atoms with Gasteiger partial charge in [0.2, 0.25) is 0 Å². The molecule has 1 heterocycles. The third kappa shape index (κ3) is 1.87. The second-order valence-electron chi connectivity index (χ2n) is 5.12. The molecule has 1 aromatic carbocycles. The molecule has 0 unspecified atom stereocenters. The zero-order chi connectivity index (χ0) is 14.5. The van der Waals surface area contributed by atoms with Crippen molar-refractivity contribution in [1.82, 2.24) is 4.57 Å². The molecule has 20 heavy (non-hydrogen) atoms. The number of hydrogen-bond acceptors (Lipinski definition) is 1. The van der Waals surface area contributed by atoms with E-state index in [-0.39, 0.29) is 10.9 Å². The number of nitriles is 1. The molecule has 0 spiro atoms. The van der Waals surface area contributed by atoms with Crippen LogP contribution in [0.2, 0.25) is 0 Å². The van der Waals surface area contributed by atoms with Crippen LogP contribution in [0.1, 0.15) is 42.5 Å². The van der Waals surface area contributed by atoms with E-state index in [0.717, 1.165) is 18.5 Å². The van der Waals surface area contributed by atoms with Crippen molar-refractivity contribution < 1.29 is 13.2 Å². The number of aryl methyl sites for hydroxylation is 1. The highest BCUT2D eigenvalue weighted by Gasteiger charge is 2.37. The average molecular weight is 278 g/mol. The van der Waals surface area contributed by atoms with Crippen LogP contribution < -0.4 is 0 Å². The van der Waals surface area contributed by atoms with E-state index < -0.39 is 11.7 Å². The number of nitrogens with zero attached hydrogens (tertiary/aromatic N) is 2. The van der Waals surface area contributed by atoms with Crippen LogP contribution in [0.4, 0.5) is 13.2 Å². The third-order valence-electron chi connectivity index (χ3n) is 3.83. The van der Waals surface area contributed by atoms with Crippen LogP contribution in [-0.4, -0.2) is 4.57 Å². The van der Waals surface area contributed by atoms with E-state index in [9.17, 15) is 13.2 Å². The minimum absolute atomic E-state index is 0.153. The van der Waals surface area contributed by atoms with Gasteiger partial charge in [-0.05, 0) is 43.9 Å². The number of fused-ring (bicyclic) bond motifs is 1. The first kappa shape index (κ1) is 13.0. The Balaban J connectivity index is 2.37. The van der Waals surface area contributed by atoms with Crippen molar-refractivity contribution in [3.63, 3.8) is 0 Å². The summed E-state index contributed by atoms with van der Waals surface area (Å²) < 4.78 is 41.7. The molecule has 0 N–H and O–H groups in total. The lowest BCUT2D eigenvalue weighted by molar-refractivity contribution is -0.136. The molecular weight excluding hydrogens is 265 g/mol. The molecule has 1 aromatic heterocycles. The van der Waals surface area contributed by atoms with Gasteiger partial charge in [0.1, 0.15) is 0 Å². The molecule has 2 aromatic rings. The van der Waals surface area contributed by atoms with Gasteiger partial charge in [0, 0.05) is 23.1 Å². The topological polar surface area (TPSA) is 28.7 Å². The Morgan fingerprint density at radius 2 is 2.05 bits per heavy atom. The molecule has 1 fully saturated rings. The van der Waals surface area contributed by atoms with Gasteiger partial charge in [-0.3, -0.25) is 0 Å². The Bertz CT molecular complexity index is 715. The summed E-state index contributed by atoms with van der Waals surface area (Å²) in [6.45, 7) is 2.56. The van der Waals surface area contributed by atoms with E-state index >= 15 is 0 Å². The SMILES string of the molecule is CCn1c(C2CC2)cc2c(C(F)(F)F)c(C#N)ccc21. The number of halogens is 3. The first-order chi connectivity index (χ1) is 9.47. The fourth-order valence-corrected chi connectivity index (χ4v) is 2.82. The Kier molecular flexibility index (Phi) is 2.79. The van der Waals surface area contributed by atoms with Crippen molar-refractivity contribution in [3.05, 3.63) is 35.0 Å². The molecule has 2 nitrogen and oxygen atoms in total. The van der Waals surface area contributed by atoms with E-state index in [0.29, 0.717) is 18.0 Å². The normalized spacial score (nSPS) is 15.6. The molecule has 0 amide bonds. The predicted octanol–water partition coefficient (Wildman–Crippen LogP) is 4.43. The summed E-state index contributed by atoms with van der Waals surface area (Å²) in [5, 5.41) is 9.09. The van der Waals surface area contributed by atoms with Gasteiger partial charge in [0.05, 0.1) is 17.2 Å². The minimum Gasteiger partial charge on any atom is -0.345 e. The van der Waals surface area contributed by atoms with Crippen LogP contribution in [0.3, 0.4) is 0 Å². The number of aromatic nitrogens is 1. The predicted molar refractivity (Wildman–Crippen MR) is 69.3 cm³/mol. The van der Waals surface area contributed by atoms with Gasteiger partial charge >= 0.3 is 6.18 Å². The number of hydrogen-bond donors (Lipinski definition) is 0. The number of benzene rings is 1. The van der Waals surface area contributed by atoms with Gasteiger partial charge in [-0.25, -0.2) is 0 Å². The van der Waals surface area contributed by atoms with Gasteiger partial charge < -0.3 is 4.57 Å². The Hall–Kier alpha value is -1.96. The van der Waals surface area contributed by atoms with Gasteiger partial charge in [-0.2, -0.15) is 18.4 Å². The largest absolute Gasteiger partial charge is 0.418 e. The zero-order valence-electron chi connectivity index (χ0n) is 11.0. The highest BCUT2D eigenvalue weighted by Crippen LogP contribution is 2.45. The molecule has 0 bridgehead atoms. The van der Waals surface area contributed by atoms with E-state index in [4.69, 9.17) is 5.26 Å². The van der Waals surface area contributed by atoms with Gasteiger partial charge in [-0.15, -0.1) is 0 Å².